The maximum atomic E-state index is 12.0. The third-order valence-corrected chi connectivity index (χ3v) is 2.34. The van der Waals surface area contributed by atoms with Gasteiger partial charge >= 0.3 is 0 Å². The second-order valence-corrected chi connectivity index (χ2v) is 3.50. The van der Waals surface area contributed by atoms with Gasteiger partial charge in [0.2, 0.25) is 0 Å². The summed E-state index contributed by atoms with van der Waals surface area (Å²) in [5, 5.41) is 0. The highest BCUT2D eigenvalue weighted by atomic mass is 19.3. The first-order valence-corrected chi connectivity index (χ1v) is 4.30. The standard InChI is InChI=1S/C8H16F2N2/c1-7-5-11(2)3-4-12(7)6-8(9)10/h7-8H,3-6H2,1-2H3. The zero-order valence-corrected chi connectivity index (χ0v) is 7.63. The summed E-state index contributed by atoms with van der Waals surface area (Å²) in [4.78, 5) is 4.03. The summed E-state index contributed by atoms with van der Waals surface area (Å²) in [6.07, 6.45) is -2.20. The van der Waals surface area contributed by atoms with Crippen LogP contribution in [0, 0.1) is 0 Å². The van der Waals surface area contributed by atoms with E-state index in [4.69, 9.17) is 0 Å². The fourth-order valence-corrected chi connectivity index (χ4v) is 1.63. The van der Waals surface area contributed by atoms with Crippen molar-refractivity contribution in [3.63, 3.8) is 0 Å². The summed E-state index contributed by atoms with van der Waals surface area (Å²) in [5.74, 6) is 0. The van der Waals surface area contributed by atoms with Gasteiger partial charge in [-0.15, -0.1) is 0 Å². The van der Waals surface area contributed by atoms with Crippen LogP contribution in [0.15, 0.2) is 0 Å². The van der Waals surface area contributed by atoms with E-state index < -0.39 is 6.43 Å². The monoisotopic (exact) mass is 178 g/mol. The average molecular weight is 178 g/mol. The van der Waals surface area contributed by atoms with Crippen LogP contribution in [0.1, 0.15) is 6.92 Å². The Hall–Kier alpha value is -0.220. The van der Waals surface area contributed by atoms with Gasteiger partial charge in [0.05, 0.1) is 6.54 Å². The Morgan fingerprint density at radius 3 is 2.58 bits per heavy atom. The van der Waals surface area contributed by atoms with Crippen LogP contribution in [0.2, 0.25) is 0 Å². The topological polar surface area (TPSA) is 6.48 Å². The third kappa shape index (κ3) is 2.68. The van der Waals surface area contributed by atoms with E-state index >= 15 is 0 Å². The Labute approximate surface area is 72.1 Å². The van der Waals surface area contributed by atoms with Crippen molar-refractivity contribution in [1.82, 2.24) is 9.80 Å². The highest BCUT2D eigenvalue weighted by Crippen LogP contribution is 2.09. The van der Waals surface area contributed by atoms with Crippen molar-refractivity contribution in [2.75, 3.05) is 33.2 Å². The van der Waals surface area contributed by atoms with E-state index in [2.05, 4.69) is 4.90 Å². The molecular formula is C8H16F2N2. The lowest BCUT2D eigenvalue weighted by Crippen LogP contribution is -2.51. The molecule has 0 amide bonds. The molecule has 0 bridgehead atoms. The molecule has 1 rings (SSSR count). The minimum Gasteiger partial charge on any atom is -0.304 e. The zero-order chi connectivity index (χ0) is 9.14. The molecule has 1 aliphatic rings. The highest BCUT2D eigenvalue weighted by Gasteiger charge is 2.23. The maximum Gasteiger partial charge on any atom is 0.251 e. The Bertz CT molecular complexity index is 141. The minimum atomic E-state index is -2.20. The average Bonchev–Trinajstić information content (AvgIpc) is 1.94. The van der Waals surface area contributed by atoms with E-state index in [9.17, 15) is 8.78 Å². The van der Waals surface area contributed by atoms with Crippen LogP contribution in [-0.2, 0) is 0 Å². The van der Waals surface area contributed by atoms with Gasteiger partial charge in [-0.1, -0.05) is 0 Å². The van der Waals surface area contributed by atoms with Gasteiger partial charge < -0.3 is 4.90 Å². The number of hydrogen-bond donors (Lipinski definition) is 0. The van der Waals surface area contributed by atoms with Crippen LogP contribution in [0.3, 0.4) is 0 Å². The molecule has 4 heteroatoms. The quantitative estimate of drug-likeness (QED) is 0.619. The molecular weight excluding hydrogens is 162 g/mol. The third-order valence-electron chi connectivity index (χ3n) is 2.34. The number of alkyl halides is 2. The Kier molecular flexibility index (Phi) is 3.40. The van der Waals surface area contributed by atoms with E-state index in [-0.39, 0.29) is 12.6 Å². The number of likely N-dealkylation sites (N-methyl/N-ethyl adjacent to an activating group) is 1. The zero-order valence-electron chi connectivity index (χ0n) is 7.63. The summed E-state index contributed by atoms with van der Waals surface area (Å²) in [5.41, 5.74) is 0. The molecule has 0 aromatic heterocycles. The van der Waals surface area contributed by atoms with Gasteiger partial charge in [0.15, 0.2) is 0 Å². The van der Waals surface area contributed by atoms with Crippen LogP contribution < -0.4 is 0 Å². The van der Waals surface area contributed by atoms with Crippen LogP contribution in [0.5, 0.6) is 0 Å². The van der Waals surface area contributed by atoms with Crippen molar-refractivity contribution < 1.29 is 8.78 Å². The Morgan fingerprint density at radius 1 is 1.42 bits per heavy atom. The normalized spacial score (nSPS) is 28.2. The van der Waals surface area contributed by atoms with Crippen LogP contribution in [0.25, 0.3) is 0 Å². The number of piperazine rings is 1. The lowest BCUT2D eigenvalue weighted by atomic mass is 10.2. The van der Waals surface area contributed by atoms with Crippen molar-refractivity contribution in [2.24, 2.45) is 0 Å². The molecule has 2 nitrogen and oxygen atoms in total. The first-order chi connectivity index (χ1) is 5.59. The number of hydrogen-bond acceptors (Lipinski definition) is 2. The van der Waals surface area contributed by atoms with Gasteiger partial charge in [-0.3, -0.25) is 4.90 Å². The first kappa shape index (κ1) is 9.86. The second kappa shape index (κ2) is 4.14. The summed E-state index contributed by atoms with van der Waals surface area (Å²) < 4.78 is 24.1. The van der Waals surface area contributed by atoms with E-state index in [1.54, 1.807) is 0 Å². The fourth-order valence-electron chi connectivity index (χ4n) is 1.63. The molecule has 0 saturated carbocycles. The van der Waals surface area contributed by atoms with Crippen LogP contribution in [0.4, 0.5) is 8.78 Å². The van der Waals surface area contributed by atoms with Gasteiger partial charge in [0.1, 0.15) is 0 Å². The number of rotatable bonds is 2. The van der Waals surface area contributed by atoms with Crippen LogP contribution >= 0.6 is 0 Å². The van der Waals surface area contributed by atoms with Gasteiger partial charge in [-0.05, 0) is 14.0 Å². The van der Waals surface area contributed by atoms with E-state index in [1.807, 2.05) is 18.9 Å². The van der Waals surface area contributed by atoms with Crippen molar-refractivity contribution in [1.29, 1.82) is 0 Å². The Morgan fingerprint density at radius 2 is 2.08 bits per heavy atom. The second-order valence-electron chi connectivity index (χ2n) is 3.50. The van der Waals surface area contributed by atoms with E-state index in [1.165, 1.54) is 0 Å². The molecule has 12 heavy (non-hydrogen) atoms. The predicted molar refractivity (Wildman–Crippen MR) is 44.5 cm³/mol. The largest absolute Gasteiger partial charge is 0.304 e. The summed E-state index contributed by atoms with van der Waals surface area (Å²) in [7, 11) is 2.02. The molecule has 0 spiro atoms. The summed E-state index contributed by atoms with van der Waals surface area (Å²) in [6, 6.07) is 0.262. The van der Waals surface area contributed by atoms with Crippen molar-refractivity contribution in [3.05, 3.63) is 0 Å². The minimum absolute atomic E-state index is 0.0744. The van der Waals surface area contributed by atoms with E-state index in [0.29, 0.717) is 0 Å². The first-order valence-electron chi connectivity index (χ1n) is 4.30. The molecule has 0 aromatic rings. The van der Waals surface area contributed by atoms with E-state index in [0.717, 1.165) is 19.6 Å². The van der Waals surface area contributed by atoms with Gasteiger partial charge in [-0.25, -0.2) is 8.78 Å². The molecule has 72 valence electrons. The molecule has 1 aliphatic heterocycles. The molecule has 0 aromatic carbocycles. The van der Waals surface area contributed by atoms with Gasteiger partial charge in [0, 0.05) is 25.7 Å². The van der Waals surface area contributed by atoms with Crippen LogP contribution in [-0.4, -0.2) is 55.5 Å². The number of halogens is 2. The summed E-state index contributed by atoms with van der Waals surface area (Å²) >= 11 is 0. The fraction of sp³-hybridized carbons (Fsp3) is 1.00. The SMILES string of the molecule is CC1CN(C)CCN1CC(F)F. The molecule has 0 radical (unpaired) electrons. The highest BCUT2D eigenvalue weighted by molar-refractivity contribution is 4.77. The molecule has 1 atom stereocenters. The van der Waals surface area contributed by atoms with Crippen molar-refractivity contribution >= 4 is 0 Å². The lowest BCUT2D eigenvalue weighted by Gasteiger charge is -2.37. The lowest BCUT2D eigenvalue weighted by molar-refractivity contribution is 0.0335. The molecule has 1 fully saturated rings. The summed E-state index contributed by atoms with van der Waals surface area (Å²) in [6.45, 7) is 4.48. The Balaban J connectivity index is 2.34. The molecule has 1 heterocycles. The van der Waals surface area contributed by atoms with Gasteiger partial charge in [-0.2, -0.15) is 0 Å². The van der Waals surface area contributed by atoms with Gasteiger partial charge in [0.25, 0.3) is 6.43 Å². The molecule has 0 N–H and O–H groups in total. The van der Waals surface area contributed by atoms with Crippen molar-refractivity contribution in [2.45, 2.75) is 19.4 Å². The van der Waals surface area contributed by atoms with Crippen molar-refractivity contribution in [3.8, 4) is 0 Å². The smallest absolute Gasteiger partial charge is 0.251 e. The predicted octanol–water partition coefficient (Wildman–Crippen LogP) is 0.887. The molecule has 0 aliphatic carbocycles. The maximum absolute atomic E-state index is 12.0. The molecule has 1 unspecified atom stereocenters. The molecule has 1 saturated heterocycles. The number of nitrogens with zero attached hydrogens (tertiary/aromatic N) is 2.